The van der Waals surface area contributed by atoms with E-state index in [1.165, 1.54) is 31.2 Å². The molecule has 1 atom stereocenters. The van der Waals surface area contributed by atoms with E-state index >= 15 is 0 Å². The fourth-order valence-electron chi connectivity index (χ4n) is 2.21. The van der Waals surface area contributed by atoms with Gasteiger partial charge in [0.2, 0.25) is 15.9 Å². The minimum Gasteiger partial charge on any atom is -0.480 e. The van der Waals surface area contributed by atoms with Crippen LogP contribution in [0.2, 0.25) is 0 Å². The van der Waals surface area contributed by atoms with Crippen molar-refractivity contribution in [2.75, 3.05) is 6.54 Å². The fraction of sp³-hybridized carbons (Fsp3) is 0.471. The fourth-order valence-corrected chi connectivity index (χ4v) is 3.24. The van der Waals surface area contributed by atoms with Crippen molar-refractivity contribution < 1.29 is 27.9 Å². The molecule has 144 valence electrons. The highest BCUT2D eigenvalue weighted by atomic mass is 32.2. The van der Waals surface area contributed by atoms with Gasteiger partial charge in [-0.15, -0.1) is 0 Å². The highest BCUT2D eigenvalue weighted by molar-refractivity contribution is 7.89. The van der Waals surface area contributed by atoms with Crippen LogP contribution in [-0.4, -0.2) is 43.8 Å². The van der Waals surface area contributed by atoms with E-state index in [1.54, 1.807) is 0 Å². The molecule has 1 aromatic rings. The summed E-state index contributed by atoms with van der Waals surface area (Å²) in [5, 5.41) is 11.5. The molecule has 3 N–H and O–H groups in total. The van der Waals surface area contributed by atoms with E-state index in [2.05, 4.69) is 10.0 Å². The maximum atomic E-state index is 12.1. The smallest absolute Gasteiger partial charge is 0.326 e. The Hall–Kier alpha value is -2.26. The summed E-state index contributed by atoms with van der Waals surface area (Å²) in [7, 11) is -3.82. The molecule has 0 aliphatic heterocycles. The predicted octanol–water partition coefficient (Wildman–Crippen LogP) is 1.17. The van der Waals surface area contributed by atoms with E-state index in [4.69, 9.17) is 5.11 Å². The van der Waals surface area contributed by atoms with Crippen LogP contribution in [0.25, 0.3) is 0 Å². The van der Waals surface area contributed by atoms with Crippen LogP contribution >= 0.6 is 0 Å². The second-order valence-electron chi connectivity index (χ2n) is 6.32. The zero-order valence-corrected chi connectivity index (χ0v) is 15.8. The van der Waals surface area contributed by atoms with Crippen LogP contribution in [0.5, 0.6) is 0 Å². The van der Waals surface area contributed by atoms with Crippen LogP contribution in [0.1, 0.15) is 44.0 Å². The number of benzene rings is 1. The Morgan fingerprint density at radius 2 is 1.69 bits per heavy atom. The molecule has 0 radical (unpaired) electrons. The molecule has 9 heteroatoms. The van der Waals surface area contributed by atoms with E-state index in [0.29, 0.717) is 5.56 Å². The standard InChI is InChI=1S/C17H24N2O6S/c1-11(2)10-15(17(22)23)19-16(21)8-9-18-26(24,25)14-6-4-13(5-7-14)12(3)20/h4-7,11,15,18H,8-10H2,1-3H3,(H,19,21)(H,22,23)/t15-/m0/s1. The number of carbonyl (C=O) groups is 3. The molecule has 26 heavy (non-hydrogen) atoms. The Morgan fingerprint density at radius 3 is 2.15 bits per heavy atom. The molecular weight excluding hydrogens is 360 g/mol. The molecule has 0 aliphatic carbocycles. The average Bonchev–Trinajstić information content (AvgIpc) is 2.53. The molecule has 0 spiro atoms. The summed E-state index contributed by atoms with van der Waals surface area (Å²) in [6.45, 7) is 4.89. The number of hydrogen-bond donors (Lipinski definition) is 3. The van der Waals surface area contributed by atoms with Crippen molar-refractivity contribution in [2.45, 2.75) is 44.6 Å². The first-order valence-corrected chi connectivity index (χ1v) is 9.64. The van der Waals surface area contributed by atoms with E-state index in [-0.39, 0.29) is 36.0 Å². The monoisotopic (exact) mass is 384 g/mol. The third-order valence-corrected chi connectivity index (χ3v) is 5.03. The van der Waals surface area contributed by atoms with Gasteiger partial charge in [-0.2, -0.15) is 0 Å². The summed E-state index contributed by atoms with van der Waals surface area (Å²) in [6, 6.07) is 4.43. The molecule has 0 fully saturated rings. The summed E-state index contributed by atoms with van der Waals surface area (Å²) >= 11 is 0. The van der Waals surface area contributed by atoms with Gasteiger partial charge in [0.15, 0.2) is 5.78 Å². The van der Waals surface area contributed by atoms with Gasteiger partial charge in [0.1, 0.15) is 6.04 Å². The first-order chi connectivity index (χ1) is 12.0. The van der Waals surface area contributed by atoms with Gasteiger partial charge in [-0.3, -0.25) is 9.59 Å². The van der Waals surface area contributed by atoms with Gasteiger partial charge in [0.25, 0.3) is 0 Å². The number of carbonyl (C=O) groups excluding carboxylic acids is 2. The molecule has 1 amide bonds. The molecule has 8 nitrogen and oxygen atoms in total. The van der Waals surface area contributed by atoms with Gasteiger partial charge < -0.3 is 10.4 Å². The zero-order valence-electron chi connectivity index (χ0n) is 15.0. The molecule has 0 unspecified atom stereocenters. The predicted molar refractivity (Wildman–Crippen MR) is 95.3 cm³/mol. The van der Waals surface area contributed by atoms with Crippen LogP contribution in [-0.2, 0) is 19.6 Å². The number of aliphatic carboxylic acids is 1. The molecule has 1 aromatic carbocycles. The maximum absolute atomic E-state index is 12.1. The Labute approximate surface area is 153 Å². The Bertz CT molecular complexity index is 756. The van der Waals surface area contributed by atoms with Gasteiger partial charge in [0.05, 0.1) is 4.90 Å². The van der Waals surface area contributed by atoms with Crippen LogP contribution in [0.4, 0.5) is 0 Å². The third kappa shape index (κ3) is 6.93. The third-order valence-electron chi connectivity index (χ3n) is 3.56. The lowest BCUT2D eigenvalue weighted by molar-refractivity contribution is -0.142. The number of rotatable bonds is 10. The summed E-state index contributed by atoms with van der Waals surface area (Å²) in [5.74, 6) is -1.76. The summed E-state index contributed by atoms with van der Waals surface area (Å²) in [4.78, 5) is 34.1. The van der Waals surface area contributed by atoms with E-state index in [0.717, 1.165) is 0 Å². The molecule has 0 aliphatic rings. The molecule has 1 rings (SSSR count). The lowest BCUT2D eigenvalue weighted by Gasteiger charge is -2.16. The number of ketones is 1. The Balaban J connectivity index is 2.58. The van der Waals surface area contributed by atoms with Crippen molar-refractivity contribution in [2.24, 2.45) is 5.92 Å². The molecule has 0 heterocycles. The lowest BCUT2D eigenvalue weighted by Crippen LogP contribution is -2.42. The van der Waals surface area contributed by atoms with Crippen LogP contribution in [0, 0.1) is 5.92 Å². The highest BCUT2D eigenvalue weighted by Crippen LogP contribution is 2.11. The Morgan fingerprint density at radius 1 is 1.12 bits per heavy atom. The van der Waals surface area contributed by atoms with Gasteiger partial charge in [0, 0.05) is 18.5 Å². The topological polar surface area (TPSA) is 130 Å². The van der Waals surface area contributed by atoms with Crippen LogP contribution in [0.3, 0.4) is 0 Å². The number of Topliss-reactive ketones (excluding diaryl/α,β-unsaturated/α-hetero) is 1. The molecule has 0 saturated carbocycles. The first kappa shape index (κ1) is 21.8. The number of nitrogens with one attached hydrogen (secondary N) is 2. The van der Waals surface area contributed by atoms with Gasteiger partial charge in [-0.05, 0) is 31.4 Å². The van der Waals surface area contributed by atoms with Crippen molar-refractivity contribution in [3.63, 3.8) is 0 Å². The molecular formula is C17H24N2O6S. The second-order valence-corrected chi connectivity index (χ2v) is 8.08. The van der Waals surface area contributed by atoms with Crippen molar-refractivity contribution in [3.8, 4) is 0 Å². The lowest BCUT2D eigenvalue weighted by atomic mass is 10.0. The second kappa shape index (κ2) is 9.44. The van der Waals surface area contributed by atoms with Crippen molar-refractivity contribution in [1.82, 2.24) is 10.0 Å². The summed E-state index contributed by atoms with van der Waals surface area (Å²) in [6.07, 6.45) is 0.0991. The van der Waals surface area contributed by atoms with Crippen molar-refractivity contribution >= 4 is 27.7 Å². The Kier molecular flexibility index (Phi) is 7.91. The van der Waals surface area contributed by atoms with E-state index < -0.39 is 27.9 Å². The zero-order chi connectivity index (χ0) is 19.9. The van der Waals surface area contributed by atoms with E-state index in [1.807, 2.05) is 13.8 Å². The van der Waals surface area contributed by atoms with Crippen molar-refractivity contribution in [1.29, 1.82) is 0 Å². The minimum atomic E-state index is -3.82. The average molecular weight is 384 g/mol. The normalized spacial score (nSPS) is 12.6. The van der Waals surface area contributed by atoms with Gasteiger partial charge in [-0.1, -0.05) is 26.0 Å². The largest absolute Gasteiger partial charge is 0.480 e. The summed E-state index contributed by atoms with van der Waals surface area (Å²) < 4.78 is 26.6. The number of carboxylic acid groups (broad SMARTS) is 1. The highest BCUT2D eigenvalue weighted by Gasteiger charge is 2.21. The van der Waals surface area contributed by atoms with E-state index in [9.17, 15) is 22.8 Å². The number of carboxylic acids is 1. The van der Waals surface area contributed by atoms with Crippen molar-refractivity contribution in [3.05, 3.63) is 29.8 Å². The maximum Gasteiger partial charge on any atom is 0.326 e. The quantitative estimate of drug-likeness (QED) is 0.519. The van der Waals surface area contributed by atoms with Crippen LogP contribution < -0.4 is 10.0 Å². The van der Waals surface area contributed by atoms with Gasteiger partial charge >= 0.3 is 5.97 Å². The molecule has 0 bridgehead atoms. The van der Waals surface area contributed by atoms with Crippen LogP contribution in [0.15, 0.2) is 29.2 Å². The SMILES string of the molecule is CC(=O)c1ccc(S(=O)(=O)NCCC(=O)N[C@@H](CC(C)C)C(=O)O)cc1. The number of amides is 1. The summed E-state index contributed by atoms with van der Waals surface area (Å²) in [5.41, 5.74) is 0.396. The number of hydrogen-bond acceptors (Lipinski definition) is 5. The molecule has 0 aromatic heterocycles. The minimum absolute atomic E-state index is 0.0221. The van der Waals surface area contributed by atoms with Gasteiger partial charge in [-0.25, -0.2) is 17.9 Å². The molecule has 0 saturated heterocycles. The first-order valence-electron chi connectivity index (χ1n) is 8.15. The number of sulfonamides is 1.